The molecule has 5 heteroatoms. The third kappa shape index (κ3) is 5.38. The molecule has 0 atom stereocenters. The Bertz CT molecular complexity index is 287. The van der Waals surface area contributed by atoms with E-state index in [0.717, 1.165) is 31.6 Å². The number of ether oxygens (including phenoxy) is 2. The topological polar surface area (TPSA) is 73.6 Å². The first-order valence-electron chi connectivity index (χ1n) is 7.62. The highest BCUT2D eigenvalue weighted by atomic mass is 16.5. The number of carbonyl (C=O) groups excluding carboxylic acids is 1. The van der Waals surface area contributed by atoms with Gasteiger partial charge in [-0.25, -0.2) is 0 Å². The largest absolute Gasteiger partial charge is 0.383 e. The van der Waals surface area contributed by atoms with E-state index in [1.54, 1.807) is 7.11 Å². The number of rotatable bonds is 8. The first kappa shape index (κ1) is 17.4. The first-order chi connectivity index (χ1) is 9.53. The normalized spacial score (nSPS) is 26.8. The van der Waals surface area contributed by atoms with Gasteiger partial charge in [0.15, 0.2) is 0 Å². The van der Waals surface area contributed by atoms with Crippen LogP contribution < -0.4 is 11.1 Å². The summed E-state index contributed by atoms with van der Waals surface area (Å²) in [5.41, 5.74) is 5.59. The molecule has 0 heterocycles. The lowest BCUT2D eigenvalue weighted by atomic mass is 9.74. The Morgan fingerprint density at radius 2 is 2.05 bits per heavy atom. The smallest absolute Gasteiger partial charge is 0.246 e. The van der Waals surface area contributed by atoms with Crippen LogP contribution in [0.1, 0.15) is 39.5 Å². The van der Waals surface area contributed by atoms with Gasteiger partial charge in [0.1, 0.15) is 6.61 Å². The Morgan fingerprint density at radius 3 is 2.55 bits per heavy atom. The molecule has 1 saturated carbocycles. The second kappa shape index (κ2) is 8.60. The van der Waals surface area contributed by atoms with Gasteiger partial charge >= 0.3 is 0 Å². The summed E-state index contributed by atoms with van der Waals surface area (Å²) in [5, 5.41) is 2.76. The maximum Gasteiger partial charge on any atom is 0.246 e. The number of nitrogens with one attached hydrogen (secondary N) is 1. The lowest BCUT2D eigenvalue weighted by Crippen LogP contribution is -2.46. The zero-order valence-corrected chi connectivity index (χ0v) is 13.1. The summed E-state index contributed by atoms with van der Waals surface area (Å²) in [7, 11) is 1.61. The highest BCUT2D eigenvalue weighted by molar-refractivity contribution is 5.77. The number of amides is 1. The zero-order chi connectivity index (χ0) is 15.0. The van der Waals surface area contributed by atoms with Gasteiger partial charge < -0.3 is 20.5 Å². The number of hydrogen-bond donors (Lipinski definition) is 2. The molecular weight excluding hydrogens is 256 g/mol. The minimum absolute atomic E-state index is 0.0905. The van der Waals surface area contributed by atoms with Crippen LogP contribution in [-0.4, -0.2) is 44.9 Å². The Labute approximate surface area is 122 Å². The third-order valence-electron chi connectivity index (χ3n) is 4.39. The maximum absolute atomic E-state index is 11.7. The first-order valence-corrected chi connectivity index (χ1v) is 7.62. The minimum Gasteiger partial charge on any atom is -0.383 e. The Balaban J connectivity index is 2.34. The molecule has 0 bridgehead atoms. The monoisotopic (exact) mass is 286 g/mol. The highest BCUT2D eigenvalue weighted by Crippen LogP contribution is 2.37. The summed E-state index contributed by atoms with van der Waals surface area (Å²) < 4.78 is 10.7. The summed E-state index contributed by atoms with van der Waals surface area (Å²) in [6.45, 7) is 6.15. The van der Waals surface area contributed by atoms with E-state index < -0.39 is 0 Å². The van der Waals surface area contributed by atoms with Crippen molar-refractivity contribution < 1.29 is 14.3 Å². The Kier molecular flexibility index (Phi) is 7.48. The molecule has 1 amide bonds. The van der Waals surface area contributed by atoms with E-state index in [0.29, 0.717) is 25.6 Å². The zero-order valence-electron chi connectivity index (χ0n) is 13.1. The molecule has 20 heavy (non-hydrogen) atoms. The number of hydrogen-bond acceptors (Lipinski definition) is 4. The van der Waals surface area contributed by atoms with Crippen molar-refractivity contribution in [1.82, 2.24) is 5.32 Å². The van der Waals surface area contributed by atoms with Gasteiger partial charge in [0.25, 0.3) is 0 Å². The molecule has 1 aliphatic rings. The van der Waals surface area contributed by atoms with Gasteiger partial charge in [-0.3, -0.25) is 4.79 Å². The van der Waals surface area contributed by atoms with E-state index in [1.807, 2.05) is 0 Å². The molecule has 118 valence electrons. The second-order valence-electron chi connectivity index (χ2n) is 6.10. The molecule has 1 rings (SSSR count). The fraction of sp³-hybridized carbons (Fsp3) is 0.933. The lowest BCUT2D eigenvalue weighted by molar-refractivity contribution is -0.136. The van der Waals surface area contributed by atoms with Crippen LogP contribution >= 0.6 is 0 Å². The van der Waals surface area contributed by atoms with Gasteiger partial charge in [0, 0.05) is 20.2 Å². The van der Waals surface area contributed by atoms with Crippen LogP contribution in [0.5, 0.6) is 0 Å². The fourth-order valence-electron chi connectivity index (χ4n) is 2.80. The fourth-order valence-corrected chi connectivity index (χ4v) is 2.80. The molecule has 0 radical (unpaired) electrons. The molecule has 0 aliphatic heterocycles. The van der Waals surface area contributed by atoms with E-state index in [4.69, 9.17) is 15.2 Å². The van der Waals surface area contributed by atoms with Crippen LogP contribution in [0.4, 0.5) is 0 Å². The summed E-state index contributed by atoms with van der Waals surface area (Å²) in [6, 6.07) is 0. The van der Waals surface area contributed by atoms with Crippen molar-refractivity contribution in [2.45, 2.75) is 45.1 Å². The average molecular weight is 286 g/mol. The van der Waals surface area contributed by atoms with Crippen molar-refractivity contribution in [2.24, 2.45) is 17.6 Å². The molecule has 5 nitrogen and oxygen atoms in total. The van der Waals surface area contributed by atoms with Crippen molar-refractivity contribution in [3.8, 4) is 0 Å². The molecular formula is C15H30N2O3. The number of methoxy groups -OCH3 is 1. The quantitative estimate of drug-likeness (QED) is 0.660. The van der Waals surface area contributed by atoms with Gasteiger partial charge in [-0.15, -0.1) is 0 Å². The summed E-state index contributed by atoms with van der Waals surface area (Å²) in [4.78, 5) is 11.7. The Morgan fingerprint density at radius 1 is 1.40 bits per heavy atom. The number of nitrogens with two attached hydrogens (primary N) is 1. The van der Waals surface area contributed by atoms with Crippen LogP contribution in [-0.2, 0) is 14.3 Å². The van der Waals surface area contributed by atoms with Gasteiger partial charge in [-0.1, -0.05) is 13.8 Å². The van der Waals surface area contributed by atoms with Crippen LogP contribution in [0.2, 0.25) is 0 Å². The molecule has 1 fully saturated rings. The van der Waals surface area contributed by atoms with Gasteiger partial charge in [-0.05, 0) is 37.5 Å². The van der Waals surface area contributed by atoms with Crippen LogP contribution in [0.3, 0.4) is 0 Å². The predicted molar refractivity (Wildman–Crippen MR) is 79.4 cm³/mol. The standard InChI is InChI=1S/C15H30N2O3/c1-12(2)13-4-6-15(11-16,7-5-13)20-10-14(18)17-8-9-19-3/h12-13H,4-11,16H2,1-3H3,(H,17,18). The van der Waals surface area contributed by atoms with Gasteiger partial charge in [0.05, 0.1) is 12.2 Å². The molecule has 3 N–H and O–H groups in total. The summed E-state index contributed by atoms with van der Waals surface area (Å²) in [6.07, 6.45) is 4.19. The van der Waals surface area contributed by atoms with Crippen LogP contribution in [0.25, 0.3) is 0 Å². The highest BCUT2D eigenvalue weighted by Gasteiger charge is 2.36. The van der Waals surface area contributed by atoms with Crippen molar-refractivity contribution >= 4 is 5.91 Å². The van der Waals surface area contributed by atoms with Crippen molar-refractivity contribution in [2.75, 3.05) is 33.4 Å². The predicted octanol–water partition coefficient (Wildman–Crippen LogP) is 1.31. The average Bonchev–Trinajstić information content (AvgIpc) is 2.46. The van der Waals surface area contributed by atoms with Gasteiger partial charge in [-0.2, -0.15) is 0 Å². The van der Waals surface area contributed by atoms with Crippen molar-refractivity contribution in [1.29, 1.82) is 0 Å². The van der Waals surface area contributed by atoms with E-state index in [-0.39, 0.29) is 18.1 Å². The summed E-state index contributed by atoms with van der Waals surface area (Å²) in [5.74, 6) is 1.37. The Hall–Kier alpha value is -0.650. The van der Waals surface area contributed by atoms with Crippen LogP contribution in [0.15, 0.2) is 0 Å². The van der Waals surface area contributed by atoms with Crippen molar-refractivity contribution in [3.05, 3.63) is 0 Å². The maximum atomic E-state index is 11.7. The van der Waals surface area contributed by atoms with Gasteiger partial charge in [0.2, 0.25) is 5.91 Å². The second-order valence-corrected chi connectivity index (χ2v) is 6.10. The van der Waals surface area contributed by atoms with E-state index in [2.05, 4.69) is 19.2 Å². The molecule has 0 spiro atoms. The van der Waals surface area contributed by atoms with Crippen LogP contribution in [0, 0.1) is 11.8 Å². The molecule has 0 unspecified atom stereocenters. The third-order valence-corrected chi connectivity index (χ3v) is 4.39. The lowest BCUT2D eigenvalue weighted by Gasteiger charge is -2.40. The molecule has 1 aliphatic carbocycles. The molecule has 0 aromatic rings. The van der Waals surface area contributed by atoms with E-state index >= 15 is 0 Å². The minimum atomic E-state index is -0.302. The number of carbonyl (C=O) groups is 1. The molecule has 0 aromatic carbocycles. The molecule has 0 aromatic heterocycles. The SMILES string of the molecule is COCCNC(=O)COC1(CN)CCC(C(C)C)CC1. The van der Waals surface area contributed by atoms with Crippen molar-refractivity contribution in [3.63, 3.8) is 0 Å². The van der Waals surface area contributed by atoms with E-state index in [1.165, 1.54) is 0 Å². The van der Waals surface area contributed by atoms with E-state index in [9.17, 15) is 4.79 Å². The molecule has 0 saturated heterocycles. The summed E-state index contributed by atoms with van der Waals surface area (Å²) >= 11 is 0.